The molecule has 0 amide bonds. The first kappa shape index (κ1) is 14.3. The smallest absolute Gasteiger partial charge is 0.0992 e. The fraction of sp³-hybridized carbons (Fsp3) is 0.375. The molecule has 4 nitrogen and oxygen atoms in total. The Labute approximate surface area is 120 Å². The molecule has 0 atom stereocenters. The van der Waals surface area contributed by atoms with Gasteiger partial charge in [0.25, 0.3) is 0 Å². The van der Waals surface area contributed by atoms with Gasteiger partial charge in [0.1, 0.15) is 0 Å². The zero-order valence-corrected chi connectivity index (χ0v) is 11.8. The minimum atomic E-state index is 0.656. The summed E-state index contributed by atoms with van der Waals surface area (Å²) >= 11 is 0. The average molecular weight is 268 g/mol. The summed E-state index contributed by atoms with van der Waals surface area (Å²) < 4.78 is 1.83. The highest BCUT2D eigenvalue weighted by Gasteiger charge is 2.02. The van der Waals surface area contributed by atoms with E-state index in [1.54, 1.807) is 6.07 Å². The predicted molar refractivity (Wildman–Crippen MR) is 79.8 cm³/mol. The van der Waals surface area contributed by atoms with Gasteiger partial charge in [-0.05, 0) is 56.1 Å². The van der Waals surface area contributed by atoms with E-state index >= 15 is 0 Å². The number of nitrogens with zero attached hydrogens (tertiary/aromatic N) is 3. The van der Waals surface area contributed by atoms with Crippen LogP contribution in [-0.4, -0.2) is 22.9 Å². The van der Waals surface area contributed by atoms with Gasteiger partial charge in [-0.2, -0.15) is 10.4 Å². The summed E-state index contributed by atoms with van der Waals surface area (Å²) in [5, 5.41) is 16.7. The van der Waals surface area contributed by atoms with Gasteiger partial charge in [0.15, 0.2) is 0 Å². The lowest BCUT2D eigenvalue weighted by Crippen LogP contribution is -2.16. The lowest BCUT2D eigenvalue weighted by molar-refractivity contribution is 0.640. The molecule has 1 N–H and O–H groups in total. The maximum absolute atomic E-state index is 8.91. The number of rotatable bonds is 7. The normalized spacial score (nSPS) is 10.4. The van der Waals surface area contributed by atoms with Crippen LogP contribution < -0.4 is 5.32 Å². The van der Waals surface area contributed by atoms with Crippen molar-refractivity contribution in [1.82, 2.24) is 15.1 Å². The van der Waals surface area contributed by atoms with Crippen LogP contribution in [0.15, 0.2) is 36.7 Å². The Kier molecular flexibility index (Phi) is 5.33. The lowest BCUT2D eigenvalue weighted by atomic mass is 10.2. The molecule has 20 heavy (non-hydrogen) atoms. The van der Waals surface area contributed by atoms with E-state index in [-0.39, 0.29) is 0 Å². The van der Waals surface area contributed by atoms with Crippen molar-refractivity contribution in [3.63, 3.8) is 0 Å². The molecule has 0 saturated carbocycles. The second-order valence-electron chi connectivity index (χ2n) is 4.81. The fourth-order valence-electron chi connectivity index (χ4n) is 2.07. The van der Waals surface area contributed by atoms with Gasteiger partial charge in [0.2, 0.25) is 0 Å². The Morgan fingerprint density at radius 3 is 3.05 bits per heavy atom. The molecular formula is C16H20N4. The van der Waals surface area contributed by atoms with E-state index < -0.39 is 0 Å². The van der Waals surface area contributed by atoms with E-state index in [1.807, 2.05) is 35.3 Å². The fourth-order valence-corrected chi connectivity index (χ4v) is 2.07. The molecule has 0 radical (unpaired) electrons. The van der Waals surface area contributed by atoms with Crippen LogP contribution in [0.25, 0.3) is 5.69 Å². The van der Waals surface area contributed by atoms with E-state index in [4.69, 9.17) is 5.26 Å². The topological polar surface area (TPSA) is 53.6 Å². The van der Waals surface area contributed by atoms with Crippen LogP contribution in [0.1, 0.15) is 30.9 Å². The first-order chi connectivity index (χ1) is 9.83. The van der Waals surface area contributed by atoms with Crippen LogP contribution in [0.4, 0.5) is 0 Å². The molecule has 0 bridgehead atoms. The van der Waals surface area contributed by atoms with E-state index in [9.17, 15) is 0 Å². The largest absolute Gasteiger partial charge is 0.317 e. The molecule has 0 fully saturated rings. The SMILES string of the molecule is CCCNCCCc1cnn(-c2cccc(C#N)c2)c1. The zero-order chi connectivity index (χ0) is 14.2. The maximum atomic E-state index is 8.91. The summed E-state index contributed by atoms with van der Waals surface area (Å²) in [6, 6.07) is 9.63. The van der Waals surface area contributed by atoms with Gasteiger partial charge in [0, 0.05) is 6.20 Å². The van der Waals surface area contributed by atoms with Crippen molar-refractivity contribution in [3.05, 3.63) is 47.8 Å². The van der Waals surface area contributed by atoms with Gasteiger partial charge < -0.3 is 5.32 Å². The maximum Gasteiger partial charge on any atom is 0.0992 e. The van der Waals surface area contributed by atoms with E-state index in [0.717, 1.165) is 31.6 Å². The number of nitriles is 1. The van der Waals surface area contributed by atoms with Crippen LogP contribution >= 0.6 is 0 Å². The molecule has 1 heterocycles. The average Bonchev–Trinajstić information content (AvgIpc) is 2.96. The van der Waals surface area contributed by atoms with Gasteiger partial charge in [-0.25, -0.2) is 4.68 Å². The standard InChI is InChI=1S/C16H20N4/c1-2-8-18-9-4-6-15-12-19-20(13-15)16-7-3-5-14(10-16)11-17/h3,5,7,10,12-13,18H,2,4,6,8-9H2,1H3. The number of hydrogen-bond acceptors (Lipinski definition) is 3. The molecule has 2 rings (SSSR count). The Bertz CT molecular complexity index is 580. The van der Waals surface area contributed by atoms with Gasteiger partial charge in [-0.15, -0.1) is 0 Å². The summed E-state index contributed by atoms with van der Waals surface area (Å²) in [5.74, 6) is 0. The first-order valence-electron chi connectivity index (χ1n) is 7.08. The van der Waals surface area contributed by atoms with Crippen LogP contribution in [-0.2, 0) is 6.42 Å². The van der Waals surface area contributed by atoms with Crippen molar-refractivity contribution < 1.29 is 0 Å². The molecular weight excluding hydrogens is 248 g/mol. The summed E-state index contributed by atoms with van der Waals surface area (Å²) in [6.45, 7) is 4.30. The molecule has 104 valence electrons. The molecule has 4 heteroatoms. The quantitative estimate of drug-likeness (QED) is 0.785. The molecule has 2 aromatic rings. The molecule has 1 aromatic carbocycles. The predicted octanol–water partition coefficient (Wildman–Crippen LogP) is 2.68. The monoisotopic (exact) mass is 268 g/mol. The highest BCUT2D eigenvalue weighted by Crippen LogP contribution is 2.11. The summed E-state index contributed by atoms with van der Waals surface area (Å²) in [5.41, 5.74) is 2.81. The highest BCUT2D eigenvalue weighted by atomic mass is 15.3. The third-order valence-corrected chi connectivity index (χ3v) is 3.12. The van der Waals surface area contributed by atoms with Crippen molar-refractivity contribution in [3.8, 4) is 11.8 Å². The Morgan fingerprint density at radius 2 is 2.25 bits per heavy atom. The van der Waals surface area contributed by atoms with Crippen LogP contribution in [0, 0.1) is 11.3 Å². The number of nitrogens with one attached hydrogen (secondary N) is 1. The van der Waals surface area contributed by atoms with Crippen molar-refractivity contribution >= 4 is 0 Å². The van der Waals surface area contributed by atoms with Crippen molar-refractivity contribution in [1.29, 1.82) is 5.26 Å². The molecule has 1 aromatic heterocycles. The molecule has 0 aliphatic carbocycles. The minimum absolute atomic E-state index is 0.656. The van der Waals surface area contributed by atoms with Crippen molar-refractivity contribution in [2.24, 2.45) is 0 Å². The number of aromatic nitrogens is 2. The van der Waals surface area contributed by atoms with Crippen LogP contribution in [0.2, 0.25) is 0 Å². The number of aryl methyl sites for hydroxylation is 1. The summed E-state index contributed by atoms with van der Waals surface area (Å²) in [6.07, 6.45) is 7.25. The third kappa shape index (κ3) is 3.94. The van der Waals surface area contributed by atoms with E-state index in [0.29, 0.717) is 5.56 Å². The Morgan fingerprint density at radius 1 is 1.35 bits per heavy atom. The molecule has 0 aliphatic rings. The molecule has 0 aliphatic heterocycles. The number of hydrogen-bond donors (Lipinski definition) is 1. The van der Waals surface area contributed by atoms with Crippen molar-refractivity contribution in [2.45, 2.75) is 26.2 Å². The van der Waals surface area contributed by atoms with Gasteiger partial charge in [0.05, 0.1) is 23.5 Å². The van der Waals surface area contributed by atoms with Gasteiger partial charge >= 0.3 is 0 Å². The van der Waals surface area contributed by atoms with Crippen LogP contribution in [0.5, 0.6) is 0 Å². The zero-order valence-electron chi connectivity index (χ0n) is 11.8. The van der Waals surface area contributed by atoms with Crippen LogP contribution in [0.3, 0.4) is 0 Å². The second kappa shape index (κ2) is 7.46. The second-order valence-corrected chi connectivity index (χ2v) is 4.81. The Balaban J connectivity index is 1.93. The highest BCUT2D eigenvalue weighted by molar-refractivity contribution is 5.40. The minimum Gasteiger partial charge on any atom is -0.317 e. The van der Waals surface area contributed by atoms with E-state index in [1.165, 1.54) is 12.0 Å². The van der Waals surface area contributed by atoms with E-state index in [2.05, 4.69) is 23.4 Å². The first-order valence-corrected chi connectivity index (χ1v) is 7.08. The molecule has 0 spiro atoms. The lowest BCUT2D eigenvalue weighted by Gasteiger charge is -2.02. The molecule has 0 unspecified atom stereocenters. The molecule has 0 saturated heterocycles. The Hall–Kier alpha value is -2.12. The van der Waals surface area contributed by atoms with Gasteiger partial charge in [-0.1, -0.05) is 13.0 Å². The number of benzene rings is 1. The summed E-state index contributed by atoms with van der Waals surface area (Å²) in [7, 11) is 0. The van der Waals surface area contributed by atoms with Crippen molar-refractivity contribution in [2.75, 3.05) is 13.1 Å². The van der Waals surface area contributed by atoms with Gasteiger partial charge in [-0.3, -0.25) is 0 Å². The third-order valence-electron chi connectivity index (χ3n) is 3.12. The summed E-state index contributed by atoms with van der Waals surface area (Å²) in [4.78, 5) is 0.